The first kappa shape index (κ1) is 17.3. The predicted octanol–water partition coefficient (Wildman–Crippen LogP) is 3.10. The van der Waals surface area contributed by atoms with E-state index >= 15 is 0 Å². The maximum absolute atomic E-state index is 10.2. The van der Waals surface area contributed by atoms with Gasteiger partial charge < -0.3 is 15.2 Å². The lowest BCUT2D eigenvalue weighted by Crippen LogP contribution is -2.47. The van der Waals surface area contributed by atoms with Crippen molar-refractivity contribution in [2.24, 2.45) is 16.7 Å². The van der Waals surface area contributed by atoms with Crippen LogP contribution in [0.4, 0.5) is 0 Å². The molecule has 0 radical (unpaired) electrons. The molecule has 0 amide bonds. The molecule has 2 aliphatic carbocycles. The van der Waals surface area contributed by atoms with E-state index in [1.54, 1.807) is 24.3 Å². The number of aliphatic hydroxyl groups is 1. The third-order valence-electron chi connectivity index (χ3n) is 6.82. The van der Waals surface area contributed by atoms with Crippen LogP contribution in [0.25, 0.3) is 0 Å². The van der Waals surface area contributed by atoms with Crippen LogP contribution in [0.3, 0.4) is 0 Å². The number of benzene rings is 1. The van der Waals surface area contributed by atoms with Gasteiger partial charge in [-0.2, -0.15) is 5.26 Å². The van der Waals surface area contributed by atoms with Crippen LogP contribution >= 0.6 is 0 Å². The van der Waals surface area contributed by atoms with Crippen molar-refractivity contribution in [2.45, 2.75) is 52.2 Å². The van der Waals surface area contributed by atoms with Gasteiger partial charge >= 0.3 is 0 Å². The Morgan fingerprint density at radius 1 is 1.33 bits per heavy atom. The molecule has 4 atom stereocenters. The summed E-state index contributed by atoms with van der Waals surface area (Å²) in [6.45, 7) is 8.01. The Balaban J connectivity index is 1.46. The lowest BCUT2D eigenvalue weighted by Gasteiger charge is -2.40. The monoisotopic (exact) mass is 328 g/mol. The molecule has 0 unspecified atom stereocenters. The van der Waals surface area contributed by atoms with E-state index in [2.05, 4.69) is 32.2 Å². The van der Waals surface area contributed by atoms with Gasteiger partial charge in [0, 0.05) is 12.6 Å². The summed E-state index contributed by atoms with van der Waals surface area (Å²) in [5.41, 5.74) is 1.32. The fourth-order valence-corrected chi connectivity index (χ4v) is 4.67. The van der Waals surface area contributed by atoms with E-state index in [-0.39, 0.29) is 6.61 Å². The SMILES string of the molecule is CC1(C)[C@@H]2CC[C@@]1(C)[C@H](NC[C@H](O)COc1ccc(C#N)cc1)C2. The van der Waals surface area contributed by atoms with Crippen LogP contribution in [0.1, 0.15) is 45.6 Å². The van der Waals surface area contributed by atoms with E-state index < -0.39 is 6.10 Å². The van der Waals surface area contributed by atoms with Crippen LogP contribution < -0.4 is 10.1 Å². The minimum Gasteiger partial charge on any atom is -0.491 e. The molecule has 4 heteroatoms. The summed E-state index contributed by atoms with van der Waals surface area (Å²) in [7, 11) is 0. The molecule has 130 valence electrons. The van der Waals surface area contributed by atoms with Crippen molar-refractivity contribution in [2.75, 3.05) is 13.2 Å². The number of hydrogen-bond donors (Lipinski definition) is 2. The molecule has 2 saturated carbocycles. The predicted molar refractivity (Wildman–Crippen MR) is 93.7 cm³/mol. The van der Waals surface area contributed by atoms with Crippen LogP contribution in [0.5, 0.6) is 5.75 Å². The zero-order valence-corrected chi connectivity index (χ0v) is 14.9. The molecule has 0 heterocycles. The highest BCUT2D eigenvalue weighted by molar-refractivity contribution is 5.34. The quantitative estimate of drug-likeness (QED) is 0.842. The third kappa shape index (κ3) is 2.92. The molecule has 2 bridgehead atoms. The Kier molecular flexibility index (Phi) is 4.59. The summed E-state index contributed by atoms with van der Waals surface area (Å²) >= 11 is 0. The van der Waals surface area contributed by atoms with Crippen molar-refractivity contribution in [3.05, 3.63) is 29.8 Å². The molecule has 1 aromatic carbocycles. The van der Waals surface area contributed by atoms with Crippen molar-refractivity contribution in [1.29, 1.82) is 5.26 Å². The summed E-state index contributed by atoms with van der Waals surface area (Å²) in [4.78, 5) is 0. The zero-order valence-electron chi connectivity index (χ0n) is 14.9. The minimum atomic E-state index is -0.536. The maximum atomic E-state index is 10.2. The van der Waals surface area contributed by atoms with E-state index in [0.717, 1.165) is 5.92 Å². The van der Waals surface area contributed by atoms with E-state index in [0.29, 0.717) is 34.7 Å². The second-order valence-corrected chi connectivity index (χ2v) is 8.17. The average molecular weight is 328 g/mol. The van der Waals surface area contributed by atoms with Crippen LogP contribution in [-0.2, 0) is 0 Å². The van der Waals surface area contributed by atoms with Crippen molar-refractivity contribution < 1.29 is 9.84 Å². The van der Waals surface area contributed by atoms with E-state index in [4.69, 9.17) is 10.00 Å². The van der Waals surface area contributed by atoms with Crippen molar-refractivity contribution in [1.82, 2.24) is 5.32 Å². The Labute approximate surface area is 144 Å². The fourth-order valence-electron chi connectivity index (χ4n) is 4.67. The molecule has 2 N–H and O–H groups in total. The summed E-state index contributed by atoms with van der Waals surface area (Å²) in [5.74, 6) is 1.48. The molecular weight excluding hydrogens is 300 g/mol. The first-order chi connectivity index (χ1) is 11.4. The van der Waals surface area contributed by atoms with Gasteiger partial charge in [-0.15, -0.1) is 0 Å². The molecule has 2 fully saturated rings. The molecule has 4 nitrogen and oxygen atoms in total. The van der Waals surface area contributed by atoms with Crippen LogP contribution in [0, 0.1) is 28.1 Å². The lowest BCUT2D eigenvalue weighted by atomic mass is 9.69. The van der Waals surface area contributed by atoms with Gasteiger partial charge in [0.2, 0.25) is 0 Å². The molecule has 2 aliphatic rings. The van der Waals surface area contributed by atoms with E-state index in [9.17, 15) is 5.11 Å². The topological polar surface area (TPSA) is 65.3 Å². The van der Waals surface area contributed by atoms with Gasteiger partial charge in [0.15, 0.2) is 0 Å². The highest BCUT2D eigenvalue weighted by Gasteiger charge is 2.60. The number of hydrogen-bond acceptors (Lipinski definition) is 4. The highest BCUT2D eigenvalue weighted by atomic mass is 16.5. The minimum absolute atomic E-state index is 0.259. The number of nitriles is 1. The van der Waals surface area contributed by atoms with Gasteiger partial charge in [0.05, 0.1) is 11.6 Å². The molecule has 3 rings (SSSR count). The second-order valence-electron chi connectivity index (χ2n) is 8.17. The smallest absolute Gasteiger partial charge is 0.119 e. The number of aliphatic hydroxyl groups excluding tert-OH is 1. The third-order valence-corrected chi connectivity index (χ3v) is 6.82. The van der Waals surface area contributed by atoms with Gasteiger partial charge in [0.1, 0.15) is 18.5 Å². The Morgan fingerprint density at radius 3 is 2.58 bits per heavy atom. The molecular formula is C20H28N2O2. The van der Waals surface area contributed by atoms with Gasteiger partial charge in [-0.1, -0.05) is 20.8 Å². The van der Waals surface area contributed by atoms with Gasteiger partial charge in [-0.05, 0) is 60.3 Å². The van der Waals surface area contributed by atoms with E-state index in [1.807, 2.05) is 0 Å². The summed E-state index contributed by atoms with van der Waals surface area (Å²) < 4.78 is 5.61. The van der Waals surface area contributed by atoms with E-state index in [1.165, 1.54) is 19.3 Å². The zero-order chi connectivity index (χ0) is 17.4. The molecule has 0 aliphatic heterocycles. The molecule has 0 saturated heterocycles. The molecule has 1 aromatic rings. The van der Waals surface area contributed by atoms with Gasteiger partial charge in [0.25, 0.3) is 0 Å². The van der Waals surface area contributed by atoms with Crippen molar-refractivity contribution in [3.8, 4) is 11.8 Å². The summed E-state index contributed by atoms with van der Waals surface area (Å²) in [6.07, 6.45) is 3.30. The maximum Gasteiger partial charge on any atom is 0.119 e. The molecule has 0 aromatic heterocycles. The Morgan fingerprint density at radius 2 is 2.04 bits per heavy atom. The number of rotatable bonds is 6. The first-order valence-electron chi connectivity index (χ1n) is 8.91. The van der Waals surface area contributed by atoms with Gasteiger partial charge in [-0.25, -0.2) is 0 Å². The number of ether oxygens (including phenoxy) is 1. The van der Waals surface area contributed by atoms with Crippen LogP contribution in [0.15, 0.2) is 24.3 Å². The van der Waals surface area contributed by atoms with Crippen LogP contribution in [-0.4, -0.2) is 30.4 Å². The van der Waals surface area contributed by atoms with Crippen molar-refractivity contribution >= 4 is 0 Å². The summed E-state index contributed by atoms with van der Waals surface area (Å²) in [5, 5.41) is 22.6. The summed E-state index contributed by atoms with van der Waals surface area (Å²) in [6, 6.07) is 9.53. The second kappa shape index (κ2) is 6.38. The number of nitrogens with zero attached hydrogens (tertiary/aromatic N) is 1. The average Bonchev–Trinajstić information content (AvgIpc) is 2.91. The lowest BCUT2D eigenvalue weighted by molar-refractivity contribution is 0.0825. The number of fused-ring (bicyclic) bond motifs is 2. The molecule has 24 heavy (non-hydrogen) atoms. The Bertz CT molecular complexity index is 620. The largest absolute Gasteiger partial charge is 0.491 e. The standard InChI is InChI=1S/C20H28N2O2/c1-19(2)15-8-9-20(19,3)18(10-15)22-12-16(23)13-24-17-6-4-14(11-21)5-7-17/h4-7,15-16,18,22-23H,8-10,12-13H2,1-3H3/t15-,16+,18-,20+/m1/s1. The van der Waals surface area contributed by atoms with Gasteiger partial charge in [-0.3, -0.25) is 0 Å². The van der Waals surface area contributed by atoms with Crippen LogP contribution in [0.2, 0.25) is 0 Å². The molecule has 0 spiro atoms. The first-order valence-corrected chi connectivity index (χ1v) is 8.91. The number of nitrogens with one attached hydrogen (secondary N) is 1. The van der Waals surface area contributed by atoms with Crippen molar-refractivity contribution in [3.63, 3.8) is 0 Å². The Hall–Kier alpha value is -1.57. The fraction of sp³-hybridized carbons (Fsp3) is 0.650. The normalized spacial score (nSPS) is 31.6. The highest BCUT2D eigenvalue weighted by Crippen LogP contribution is 2.65.